The fourth-order valence-electron chi connectivity index (χ4n) is 3.15. The number of hydrogen-bond acceptors (Lipinski definition) is 5. The van der Waals surface area contributed by atoms with E-state index in [-0.39, 0.29) is 11.2 Å². The van der Waals surface area contributed by atoms with Crippen molar-refractivity contribution in [2.24, 2.45) is 0 Å². The highest BCUT2D eigenvalue weighted by molar-refractivity contribution is 8.00. The van der Waals surface area contributed by atoms with E-state index in [1.165, 1.54) is 11.8 Å². The molecule has 1 unspecified atom stereocenters. The second kappa shape index (κ2) is 6.92. The van der Waals surface area contributed by atoms with Crippen molar-refractivity contribution in [1.29, 1.82) is 0 Å². The SMILES string of the molecule is CC(Sc1nnc2sc3ccccc3n12)C(=O)Nc1ccc2ccccc2c1. The number of rotatable bonds is 4. The van der Waals surface area contributed by atoms with Crippen LogP contribution in [0, 0.1) is 0 Å². The van der Waals surface area contributed by atoms with E-state index in [1.807, 2.05) is 65.9 Å². The maximum absolute atomic E-state index is 12.7. The van der Waals surface area contributed by atoms with Crippen LogP contribution in [-0.4, -0.2) is 25.8 Å². The van der Waals surface area contributed by atoms with Gasteiger partial charge >= 0.3 is 0 Å². The third-order valence-electron chi connectivity index (χ3n) is 4.58. The van der Waals surface area contributed by atoms with Crippen LogP contribution in [0.15, 0.2) is 71.9 Å². The number of hydrogen-bond donors (Lipinski definition) is 1. The zero-order valence-electron chi connectivity index (χ0n) is 15.0. The molecule has 7 heteroatoms. The van der Waals surface area contributed by atoms with E-state index in [9.17, 15) is 4.79 Å². The summed E-state index contributed by atoms with van der Waals surface area (Å²) in [7, 11) is 0. The third-order valence-corrected chi connectivity index (χ3v) is 6.63. The maximum atomic E-state index is 12.7. The predicted octanol–water partition coefficient (Wildman–Crippen LogP) is 5.22. The summed E-state index contributed by atoms with van der Waals surface area (Å²) in [5, 5.41) is 14.2. The standard InChI is InChI=1S/C21H16N4OS2/c1-13(19(26)22-16-11-10-14-6-2-3-7-15(14)12-16)27-20-23-24-21-25(20)17-8-4-5-9-18(17)28-21/h2-13H,1H3,(H,22,26). The summed E-state index contributed by atoms with van der Waals surface area (Å²) in [4.78, 5) is 13.6. The van der Waals surface area contributed by atoms with Gasteiger partial charge in [0.15, 0.2) is 5.16 Å². The first kappa shape index (κ1) is 17.2. The predicted molar refractivity (Wildman–Crippen MR) is 116 cm³/mol. The van der Waals surface area contributed by atoms with E-state index >= 15 is 0 Å². The van der Waals surface area contributed by atoms with Gasteiger partial charge in [-0.25, -0.2) is 0 Å². The molecule has 5 rings (SSSR count). The Morgan fingerprint density at radius 1 is 1.04 bits per heavy atom. The summed E-state index contributed by atoms with van der Waals surface area (Å²) in [6.45, 7) is 1.89. The van der Waals surface area contributed by atoms with E-state index in [0.717, 1.165) is 36.8 Å². The average Bonchev–Trinajstić information content (AvgIpc) is 3.27. The topological polar surface area (TPSA) is 59.3 Å². The first-order valence-corrected chi connectivity index (χ1v) is 10.6. The molecule has 0 aliphatic rings. The number of carbonyl (C=O) groups excluding carboxylic acids is 1. The molecule has 5 nitrogen and oxygen atoms in total. The highest BCUT2D eigenvalue weighted by Crippen LogP contribution is 2.31. The zero-order chi connectivity index (χ0) is 19.1. The van der Waals surface area contributed by atoms with E-state index in [2.05, 4.69) is 27.6 Å². The second-order valence-electron chi connectivity index (χ2n) is 6.48. The van der Waals surface area contributed by atoms with Crippen molar-refractivity contribution in [1.82, 2.24) is 14.6 Å². The summed E-state index contributed by atoms with van der Waals surface area (Å²) < 4.78 is 3.17. The molecular weight excluding hydrogens is 388 g/mol. The average molecular weight is 405 g/mol. The molecule has 0 fully saturated rings. The van der Waals surface area contributed by atoms with E-state index in [1.54, 1.807) is 11.3 Å². The number of aromatic nitrogens is 3. The van der Waals surface area contributed by atoms with Crippen LogP contribution < -0.4 is 5.32 Å². The number of amides is 1. The molecule has 28 heavy (non-hydrogen) atoms. The molecule has 5 aromatic rings. The second-order valence-corrected chi connectivity index (χ2v) is 8.80. The highest BCUT2D eigenvalue weighted by Gasteiger charge is 2.20. The Hall–Kier alpha value is -2.90. The Bertz CT molecular complexity index is 1320. The number of thioether (sulfide) groups is 1. The van der Waals surface area contributed by atoms with Gasteiger partial charge in [-0.2, -0.15) is 0 Å². The van der Waals surface area contributed by atoms with Gasteiger partial charge in [0, 0.05) is 5.69 Å². The van der Waals surface area contributed by atoms with Crippen molar-refractivity contribution >= 4 is 60.6 Å². The van der Waals surface area contributed by atoms with Gasteiger partial charge in [-0.3, -0.25) is 9.20 Å². The lowest BCUT2D eigenvalue weighted by atomic mass is 10.1. The molecule has 3 aromatic carbocycles. The first-order chi connectivity index (χ1) is 13.7. The molecule has 0 radical (unpaired) electrons. The number of fused-ring (bicyclic) bond motifs is 4. The summed E-state index contributed by atoms with van der Waals surface area (Å²) in [5.41, 5.74) is 1.86. The van der Waals surface area contributed by atoms with Crippen LogP contribution in [0.5, 0.6) is 0 Å². The van der Waals surface area contributed by atoms with Crippen molar-refractivity contribution in [3.05, 3.63) is 66.7 Å². The van der Waals surface area contributed by atoms with Crippen LogP contribution in [0.3, 0.4) is 0 Å². The lowest BCUT2D eigenvalue weighted by Gasteiger charge is -2.11. The molecule has 0 saturated carbocycles. The summed E-state index contributed by atoms with van der Waals surface area (Å²) >= 11 is 3.01. The summed E-state index contributed by atoms with van der Waals surface area (Å²) in [5.74, 6) is -0.0587. The molecule has 0 aliphatic heterocycles. The minimum Gasteiger partial charge on any atom is -0.325 e. The molecule has 1 amide bonds. The van der Waals surface area contributed by atoms with Crippen LogP contribution in [-0.2, 0) is 4.79 Å². The lowest BCUT2D eigenvalue weighted by Crippen LogP contribution is -2.22. The van der Waals surface area contributed by atoms with Crippen molar-refractivity contribution in [2.45, 2.75) is 17.3 Å². The number of benzene rings is 3. The maximum Gasteiger partial charge on any atom is 0.237 e. The van der Waals surface area contributed by atoms with Gasteiger partial charge in [0.2, 0.25) is 10.9 Å². The van der Waals surface area contributed by atoms with Crippen LogP contribution in [0.2, 0.25) is 0 Å². The molecule has 2 aromatic heterocycles. The molecule has 0 spiro atoms. The van der Waals surface area contributed by atoms with Crippen molar-refractivity contribution in [3.63, 3.8) is 0 Å². The molecule has 1 N–H and O–H groups in total. The third kappa shape index (κ3) is 3.02. The number of para-hydroxylation sites is 1. The van der Waals surface area contributed by atoms with Crippen LogP contribution in [0.4, 0.5) is 5.69 Å². The first-order valence-electron chi connectivity index (χ1n) is 8.88. The quantitative estimate of drug-likeness (QED) is 0.417. The van der Waals surface area contributed by atoms with E-state index in [4.69, 9.17) is 0 Å². The van der Waals surface area contributed by atoms with Gasteiger partial charge in [0.05, 0.1) is 15.5 Å². The van der Waals surface area contributed by atoms with Gasteiger partial charge in [0.25, 0.3) is 0 Å². The summed E-state index contributed by atoms with van der Waals surface area (Å²) in [6.07, 6.45) is 0. The lowest BCUT2D eigenvalue weighted by molar-refractivity contribution is -0.115. The van der Waals surface area contributed by atoms with Crippen molar-refractivity contribution < 1.29 is 4.79 Å². The van der Waals surface area contributed by atoms with Gasteiger partial charge in [-0.05, 0) is 42.0 Å². The minimum absolute atomic E-state index is 0.0587. The van der Waals surface area contributed by atoms with E-state index < -0.39 is 0 Å². The number of nitrogens with zero attached hydrogens (tertiary/aromatic N) is 3. The van der Waals surface area contributed by atoms with Crippen LogP contribution in [0.25, 0.3) is 25.9 Å². The van der Waals surface area contributed by atoms with Crippen molar-refractivity contribution in [2.75, 3.05) is 5.32 Å². The molecule has 0 bridgehead atoms. The Kier molecular flexibility index (Phi) is 4.26. The molecular formula is C21H16N4OS2. The largest absolute Gasteiger partial charge is 0.325 e. The molecule has 0 aliphatic carbocycles. The van der Waals surface area contributed by atoms with Crippen LogP contribution >= 0.6 is 23.1 Å². The number of carbonyl (C=O) groups is 1. The van der Waals surface area contributed by atoms with E-state index in [0.29, 0.717) is 0 Å². The van der Waals surface area contributed by atoms with Gasteiger partial charge < -0.3 is 5.32 Å². The fraction of sp³-hybridized carbons (Fsp3) is 0.0952. The van der Waals surface area contributed by atoms with Gasteiger partial charge in [-0.1, -0.05) is 65.6 Å². The number of thiazole rings is 1. The van der Waals surface area contributed by atoms with Gasteiger partial charge in [-0.15, -0.1) is 10.2 Å². The monoisotopic (exact) mass is 404 g/mol. The minimum atomic E-state index is -0.308. The number of nitrogens with one attached hydrogen (secondary N) is 1. The van der Waals surface area contributed by atoms with Crippen molar-refractivity contribution in [3.8, 4) is 0 Å². The Labute approximate surface area is 169 Å². The molecule has 0 saturated heterocycles. The molecule has 138 valence electrons. The van der Waals surface area contributed by atoms with Crippen LogP contribution in [0.1, 0.15) is 6.92 Å². The smallest absolute Gasteiger partial charge is 0.237 e. The Morgan fingerprint density at radius 3 is 2.71 bits per heavy atom. The van der Waals surface area contributed by atoms with Gasteiger partial charge in [0.1, 0.15) is 0 Å². The Balaban J connectivity index is 1.38. The summed E-state index contributed by atoms with van der Waals surface area (Å²) in [6, 6.07) is 22.2. The fourth-order valence-corrected chi connectivity index (χ4v) is 5.04. The molecule has 2 heterocycles. The Morgan fingerprint density at radius 2 is 1.82 bits per heavy atom. The zero-order valence-corrected chi connectivity index (χ0v) is 16.6. The highest BCUT2D eigenvalue weighted by atomic mass is 32.2. The molecule has 1 atom stereocenters. The normalized spacial score (nSPS) is 12.6. The number of anilines is 1.